The summed E-state index contributed by atoms with van der Waals surface area (Å²) < 4.78 is 26.9. The minimum absolute atomic E-state index is 0.222. The Morgan fingerprint density at radius 3 is 2.50 bits per heavy atom. The van der Waals surface area contributed by atoms with Crippen LogP contribution in [0.2, 0.25) is 0 Å². The highest BCUT2D eigenvalue weighted by molar-refractivity contribution is 7.90. The first-order valence-electron chi connectivity index (χ1n) is 4.98. The van der Waals surface area contributed by atoms with Gasteiger partial charge in [0.2, 0.25) is 0 Å². The molecule has 1 aromatic rings. The van der Waals surface area contributed by atoms with Crippen molar-refractivity contribution in [2.75, 3.05) is 5.88 Å². The summed E-state index contributed by atoms with van der Waals surface area (Å²) in [6.07, 6.45) is 2.71. The van der Waals surface area contributed by atoms with E-state index in [4.69, 9.17) is 11.6 Å². The summed E-state index contributed by atoms with van der Waals surface area (Å²) in [7, 11) is -3.53. The molecule has 0 saturated heterocycles. The lowest BCUT2D eigenvalue weighted by Gasteiger charge is -1.98. The van der Waals surface area contributed by atoms with Gasteiger partial charge < -0.3 is 0 Å². The zero-order chi connectivity index (χ0) is 12.0. The van der Waals surface area contributed by atoms with Crippen molar-refractivity contribution in [1.82, 2.24) is 0 Å². The fourth-order valence-electron chi connectivity index (χ4n) is 1.09. The standard InChI is InChI=1S/C11H14ClNO2S/c1-10-4-6-11(7-5-10)16(14,15)13-9-3-2-8-12/h4-7,9H,2-3,8H2,1H3/b13-9-. The number of nitrogens with zero attached hydrogens (tertiary/aromatic N) is 1. The smallest absolute Gasteiger partial charge is 0.199 e. The Hall–Kier alpha value is -0.870. The summed E-state index contributed by atoms with van der Waals surface area (Å²) in [4.78, 5) is 0.222. The third-order valence-corrected chi connectivity index (χ3v) is 3.56. The van der Waals surface area contributed by atoms with Gasteiger partial charge in [-0.15, -0.1) is 11.6 Å². The molecule has 88 valence electrons. The van der Waals surface area contributed by atoms with Crippen LogP contribution in [0.5, 0.6) is 0 Å². The number of rotatable bonds is 5. The van der Waals surface area contributed by atoms with Crippen LogP contribution in [0, 0.1) is 6.92 Å². The van der Waals surface area contributed by atoms with Crippen molar-refractivity contribution in [1.29, 1.82) is 0 Å². The van der Waals surface area contributed by atoms with Crippen LogP contribution in [0.3, 0.4) is 0 Å². The van der Waals surface area contributed by atoms with E-state index in [1.807, 2.05) is 6.92 Å². The second-order valence-electron chi connectivity index (χ2n) is 3.41. The van der Waals surface area contributed by atoms with E-state index in [1.54, 1.807) is 24.3 Å². The summed E-state index contributed by atoms with van der Waals surface area (Å²) in [5, 5.41) is 0. The van der Waals surface area contributed by atoms with Crippen molar-refractivity contribution in [2.24, 2.45) is 4.40 Å². The second kappa shape index (κ2) is 6.01. The lowest BCUT2D eigenvalue weighted by Crippen LogP contribution is -1.97. The molecule has 1 rings (SSSR count). The van der Waals surface area contributed by atoms with Gasteiger partial charge in [0.15, 0.2) is 0 Å². The molecule has 16 heavy (non-hydrogen) atoms. The Bertz CT molecular complexity index is 451. The van der Waals surface area contributed by atoms with Crippen LogP contribution in [0.25, 0.3) is 0 Å². The quantitative estimate of drug-likeness (QED) is 0.464. The van der Waals surface area contributed by atoms with Crippen LogP contribution in [0.4, 0.5) is 0 Å². The predicted molar refractivity (Wildman–Crippen MR) is 66.8 cm³/mol. The minimum atomic E-state index is -3.53. The first-order valence-corrected chi connectivity index (χ1v) is 6.95. The van der Waals surface area contributed by atoms with Crippen molar-refractivity contribution >= 4 is 27.8 Å². The average Bonchev–Trinajstić information content (AvgIpc) is 2.25. The van der Waals surface area contributed by atoms with Crippen molar-refractivity contribution in [2.45, 2.75) is 24.7 Å². The van der Waals surface area contributed by atoms with Crippen molar-refractivity contribution in [3.05, 3.63) is 29.8 Å². The van der Waals surface area contributed by atoms with Crippen molar-refractivity contribution < 1.29 is 8.42 Å². The van der Waals surface area contributed by atoms with E-state index < -0.39 is 10.0 Å². The molecule has 0 heterocycles. The van der Waals surface area contributed by atoms with Crippen LogP contribution >= 0.6 is 11.6 Å². The molecule has 3 nitrogen and oxygen atoms in total. The molecular weight excluding hydrogens is 246 g/mol. The number of alkyl halides is 1. The van der Waals surface area contributed by atoms with E-state index >= 15 is 0 Å². The monoisotopic (exact) mass is 259 g/mol. The number of hydrogen-bond donors (Lipinski definition) is 0. The van der Waals surface area contributed by atoms with Gasteiger partial charge in [0, 0.05) is 12.1 Å². The Morgan fingerprint density at radius 2 is 1.94 bits per heavy atom. The third-order valence-electron chi connectivity index (χ3n) is 2.00. The second-order valence-corrected chi connectivity index (χ2v) is 5.42. The molecule has 0 spiro atoms. The summed E-state index contributed by atoms with van der Waals surface area (Å²) in [6.45, 7) is 1.90. The molecule has 0 fully saturated rings. The van der Waals surface area contributed by atoms with E-state index in [-0.39, 0.29) is 4.90 Å². The van der Waals surface area contributed by atoms with E-state index in [9.17, 15) is 8.42 Å². The first kappa shape index (κ1) is 13.2. The predicted octanol–water partition coefficient (Wildman–Crippen LogP) is 2.77. The summed E-state index contributed by atoms with van der Waals surface area (Å²) >= 11 is 5.47. The van der Waals surface area contributed by atoms with E-state index in [2.05, 4.69) is 4.40 Å². The molecule has 0 aliphatic carbocycles. The molecule has 0 aromatic heterocycles. The van der Waals surface area contributed by atoms with Crippen LogP contribution in [-0.4, -0.2) is 20.5 Å². The topological polar surface area (TPSA) is 46.5 Å². The normalized spacial score (nSPS) is 12.1. The van der Waals surface area contributed by atoms with Crippen LogP contribution < -0.4 is 0 Å². The lowest BCUT2D eigenvalue weighted by molar-refractivity contribution is 0.598. The van der Waals surface area contributed by atoms with Gasteiger partial charge in [-0.3, -0.25) is 0 Å². The molecule has 0 amide bonds. The summed E-state index contributed by atoms with van der Waals surface area (Å²) in [6, 6.07) is 6.62. The first-order chi connectivity index (χ1) is 7.56. The van der Waals surface area contributed by atoms with E-state index in [1.165, 1.54) is 6.21 Å². The largest absolute Gasteiger partial charge is 0.281 e. The van der Waals surface area contributed by atoms with Crippen LogP contribution in [-0.2, 0) is 10.0 Å². The molecule has 0 radical (unpaired) electrons. The highest BCUT2D eigenvalue weighted by Crippen LogP contribution is 2.12. The van der Waals surface area contributed by atoms with Gasteiger partial charge in [-0.1, -0.05) is 17.7 Å². The zero-order valence-electron chi connectivity index (χ0n) is 9.06. The fraction of sp³-hybridized carbons (Fsp3) is 0.364. The SMILES string of the molecule is Cc1ccc(S(=O)(=O)/N=C\CCCCl)cc1. The van der Waals surface area contributed by atoms with E-state index in [0.29, 0.717) is 12.3 Å². The molecule has 0 bridgehead atoms. The molecule has 0 aliphatic rings. The summed E-state index contributed by atoms with van der Waals surface area (Å²) in [5.41, 5.74) is 1.02. The van der Waals surface area contributed by atoms with Gasteiger partial charge in [-0.2, -0.15) is 12.8 Å². The van der Waals surface area contributed by atoms with Crippen molar-refractivity contribution in [3.63, 3.8) is 0 Å². The Balaban J connectivity index is 2.78. The third kappa shape index (κ3) is 3.94. The Morgan fingerprint density at radius 1 is 1.31 bits per heavy atom. The highest BCUT2D eigenvalue weighted by Gasteiger charge is 2.10. The molecule has 0 N–H and O–H groups in total. The van der Waals surface area contributed by atoms with Gasteiger partial charge in [-0.05, 0) is 31.9 Å². The van der Waals surface area contributed by atoms with Crippen LogP contribution in [0.1, 0.15) is 18.4 Å². The van der Waals surface area contributed by atoms with E-state index in [0.717, 1.165) is 12.0 Å². The van der Waals surface area contributed by atoms with Crippen molar-refractivity contribution in [3.8, 4) is 0 Å². The average molecular weight is 260 g/mol. The maximum absolute atomic E-state index is 11.7. The number of unbranched alkanes of at least 4 members (excludes halogenated alkanes) is 1. The number of aryl methyl sites for hydroxylation is 1. The molecule has 0 atom stereocenters. The van der Waals surface area contributed by atoms with Gasteiger partial charge in [0.1, 0.15) is 0 Å². The van der Waals surface area contributed by atoms with Gasteiger partial charge in [0.25, 0.3) is 10.0 Å². The molecular formula is C11H14ClNO2S. The highest BCUT2D eigenvalue weighted by atomic mass is 35.5. The number of halogens is 1. The van der Waals surface area contributed by atoms with Crippen LogP contribution in [0.15, 0.2) is 33.6 Å². The minimum Gasteiger partial charge on any atom is -0.199 e. The Kier molecular flexibility index (Phi) is 4.96. The summed E-state index contributed by atoms with van der Waals surface area (Å²) in [5.74, 6) is 0.511. The number of benzene rings is 1. The molecule has 0 unspecified atom stereocenters. The number of hydrogen-bond acceptors (Lipinski definition) is 2. The number of sulfonamides is 1. The van der Waals surface area contributed by atoms with Gasteiger partial charge in [0.05, 0.1) is 4.90 Å². The molecule has 5 heteroatoms. The van der Waals surface area contributed by atoms with Gasteiger partial charge >= 0.3 is 0 Å². The maximum Gasteiger partial charge on any atom is 0.281 e. The maximum atomic E-state index is 11.7. The molecule has 0 aliphatic heterocycles. The molecule has 0 saturated carbocycles. The zero-order valence-corrected chi connectivity index (χ0v) is 10.6. The van der Waals surface area contributed by atoms with Gasteiger partial charge in [-0.25, -0.2) is 0 Å². The fourth-order valence-corrected chi connectivity index (χ4v) is 2.15. The lowest BCUT2D eigenvalue weighted by atomic mass is 10.2. The molecule has 1 aromatic carbocycles. The Labute approximate surface area is 101 Å².